The quantitative estimate of drug-likeness (QED) is 0.291. The Morgan fingerprint density at radius 1 is 1.05 bits per heavy atom. The minimum absolute atomic E-state index is 0.000471. The Morgan fingerprint density at radius 2 is 1.78 bits per heavy atom. The van der Waals surface area contributed by atoms with Crippen molar-refractivity contribution in [2.45, 2.75) is 31.7 Å². The standard InChI is InChI=1S/C28H27N3O6/c1-3-37-25-15-18(13-23(28(25)33)31(34)35)27-26-22(29-20-6-4-5-7-21(20)30-27)12-17(14-24(26)32)16-8-10-19(36-2)11-9-16/h4-11,13,15,17,27,29-30,33H,3,12,14H2,1-2H3/t17-,27+/m0/s1. The van der Waals surface area contributed by atoms with E-state index in [1.54, 1.807) is 20.1 Å². The van der Waals surface area contributed by atoms with Gasteiger partial charge in [0.15, 0.2) is 11.5 Å². The molecule has 0 aromatic heterocycles. The molecule has 9 nitrogen and oxygen atoms in total. The number of hydrogen-bond acceptors (Lipinski definition) is 8. The number of fused-ring (bicyclic) bond motifs is 1. The number of allylic oxidation sites excluding steroid dienone is 1. The molecule has 0 amide bonds. The van der Waals surface area contributed by atoms with Gasteiger partial charge in [0.25, 0.3) is 0 Å². The number of methoxy groups -OCH3 is 1. The number of benzene rings is 3. The Morgan fingerprint density at radius 3 is 2.46 bits per heavy atom. The fourth-order valence-corrected chi connectivity index (χ4v) is 5.04. The van der Waals surface area contributed by atoms with Crippen LogP contribution in [0.15, 0.2) is 71.9 Å². The zero-order valence-corrected chi connectivity index (χ0v) is 20.5. The number of rotatable bonds is 6. The molecule has 1 aliphatic heterocycles. The average molecular weight is 502 g/mol. The number of phenolic OH excluding ortho intramolecular Hbond substituents is 1. The summed E-state index contributed by atoms with van der Waals surface area (Å²) in [5.74, 6) is 0.111. The van der Waals surface area contributed by atoms with Gasteiger partial charge < -0.3 is 25.2 Å². The first-order valence-electron chi connectivity index (χ1n) is 12.1. The van der Waals surface area contributed by atoms with Gasteiger partial charge in [-0.1, -0.05) is 24.3 Å². The van der Waals surface area contributed by atoms with Gasteiger partial charge in [-0.3, -0.25) is 14.9 Å². The molecule has 1 heterocycles. The average Bonchev–Trinajstić information content (AvgIpc) is 3.07. The van der Waals surface area contributed by atoms with Gasteiger partial charge in [0, 0.05) is 23.8 Å². The van der Waals surface area contributed by atoms with Gasteiger partial charge in [0.05, 0.1) is 36.1 Å². The molecule has 0 bridgehead atoms. The highest BCUT2D eigenvalue weighted by Crippen LogP contribution is 2.47. The lowest BCUT2D eigenvalue weighted by Crippen LogP contribution is -2.27. The largest absolute Gasteiger partial charge is 0.500 e. The van der Waals surface area contributed by atoms with E-state index in [0.717, 1.165) is 28.4 Å². The van der Waals surface area contributed by atoms with Gasteiger partial charge in [0.1, 0.15) is 5.75 Å². The lowest BCUT2D eigenvalue weighted by Gasteiger charge is -2.30. The molecule has 5 rings (SSSR count). The summed E-state index contributed by atoms with van der Waals surface area (Å²) in [6.07, 6.45) is 0.873. The van der Waals surface area contributed by atoms with Crippen LogP contribution in [0, 0.1) is 10.1 Å². The molecule has 2 aliphatic rings. The normalized spacial score (nSPS) is 18.6. The number of nitro benzene ring substituents is 1. The van der Waals surface area contributed by atoms with E-state index < -0.39 is 22.4 Å². The molecule has 3 aromatic rings. The zero-order valence-electron chi connectivity index (χ0n) is 20.5. The van der Waals surface area contributed by atoms with Gasteiger partial charge in [-0.25, -0.2) is 0 Å². The number of nitrogens with one attached hydrogen (secondary N) is 2. The topological polar surface area (TPSA) is 123 Å². The van der Waals surface area contributed by atoms with Crippen LogP contribution >= 0.6 is 0 Å². The molecule has 2 atom stereocenters. The minimum Gasteiger partial charge on any atom is -0.500 e. The smallest absolute Gasteiger partial charge is 0.315 e. The van der Waals surface area contributed by atoms with E-state index in [4.69, 9.17) is 9.47 Å². The second kappa shape index (κ2) is 9.85. The summed E-state index contributed by atoms with van der Waals surface area (Å²) in [6.45, 7) is 1.94. The predicted molar refractivity (Wildman–Crippen MR) is 139 cm³/mol. The SMILES string of the molecule is CCOc1cc([C@H]2Nc3ccccc3NC3=C2C(=O)C[C@@H](c2ccc(OC)cc2)C3)cc([N+](=O)[O-])c1O. The van der Waals surface area contributed by atoms with Crippen LogP contribution in [-0.2, 0) is 4.79 Å². The number of Topliss-reactive ketones (excluding diaryl/α,β-unsaturated/α-hetero) is 1. The molecule has 0 saturated carbocycles. The lowest BCUT2D eigenvalue weighted by atomic mass is 9.78. The van der Waals surface area contributed by atoms with E-state index in [1.165, 1.54) is 6.07 Å². The molecule has 1 aliphatic carbocycles. The summed E-state index contributed by atoms with van der Waals surface area (Å²) in [5, 5.41) is 29.0. The number of para-hydroxylation sites is 2. The molecule has 0 radical (unpaired) electrons. The highest BCUT2D eigenvalue weighted by molar-refractivity contribution is 6.01. The van der Waals surface area contributed by atoms with E-state index in [1.807, 2.05) is 48.5 Å². The molecule has 0 spiro atoms. The van der Waals surface area contributed by atoms with Crippen molar-refractivity contribution >= 4 is 22.8 Å². The van der Waals surface area contributed by atoms with Crippen LogP contribution < -0.4 is 20.1 Å². The van der Waals surface area contributed by atoms with Crippen molar-refractivity contribution < 1.29 is 24.3 Å². The molecular weight excluding hydrogens is 474 g/mol. The van der Waals surface area contributed by atoms with Crippen LogP contribution in [0.1, 0.15) is 42.9 Å². The van der Waals surface area contributed by atoms with Crippen molar-refractivity contribution in [3.63, 3.8) is 0 Å². The second-order valence-corrected chi connectivity index (χ2v) is 9.02. The monoisotopic (exact) mass is 501 g/mol. The van der Waals surface area contributed by atoms with Crippen LogP contribution in [0.5, 0.6) is 17.2 Å². The highest BCUT2D eigenvalue weighted by atomic mass is 16.6. The fraction of sp³-hybridized carbons (Fsp3) is 0.250. The van der Waals surface area contributed by atoms with Crippen molar-refractivity contribution in [3.8, 4) is 17.2 Å². The van der Waals surface area contributed by atoms with Crippen molar-refractivity contribution in [3.05, 3.63) is 93.2 Å². The molecular formula is C28H27N3O6. The van der Waals surface area contributed by atoms with Crippen LogP contribution in [0.4, 0.5) is 17.1 Å². The molecule has 9 heteroatoms. The first-order valence-corrected chi connectivity index (χ1v) is 12.1. The number of carbonyl (C=O) groups is 1. The Balaban J connectivity index is 1.63. The lowest BCUT2D eigenvalue weighted by molar-refractivity contribution is -0.386. The number of ketones is 1. The summed E-state index contributed by atoms with van der Waals surface area (Å²) in [5.41, 5.74) is 3.84. The molecule has 190 valence electrons. The number of hydrogen-bond donors (Lipinski definition) is 3. The summed E-state index contributed by atoms with van der Waals surface area (Å²) in [7, 11) is 1.61. The Labute approximate surface area is 213 Å². The van der Waals surface area contributed by atoms with Gasteiger partial charge in [-0.15, -0.1) is 0 Å². The molecule has 0 saturated heterocycles. The third-order valence-corrected chi connectivity index (χ3v) is 6.80. The fourth-order valence-electron chi connectivity index (χ4n) is 5.04. The van der Waals surface area contributed by atoms with Crippen molar-refractivity contribution in [1.29, 1.82) is 0 Å². The van der Waals surface area contributed by atoms with Crippen molar-refractivity contribution in [2.24, 2.45) is 0 Å². The summed E-state index contributed by atoms with van der Waals surface area (Å²) in [6, 6.07) is 17.5. The predicted octanol–water partition coefficient (Wildman–Crippen LogP) is 5.69. The number of nitro groups is 1. The molecule has 0 fully saturated rings. The van der Waals surface area contributed by atoms with Crippen LogP contribution in [0.2, 0.25) is 0 Å². The minimum atomic E-state index is -0.686. The number of phenols is 1. The number of carbonyl (C=O) groups excluding carboxylic acids is 1. The Kier molecular flexibility index (Phi) is 6.43. The number of anilines is 2. The summed E-state index contributed by atoms with van der Waals surface area (Å²) in [4.78, 5) is 24.8. The van der Waals surface area contributed by atoms with Gasteiger partial charge in [-0.05, 0) is 60.7 Å². The van der Waals surface area contributed by atoms with E-state index in [2.05, 4.69) is 10.6 Å². The maximum atomic E-state index is 13.7. The highest BCUT2D eigenvalue weighted by Gasteiger charge is 2.37. The van der Waals surface area contributed by atoms with E-state index in [-0.39, 0.29) is 24.1 Å². The van der Waals surface area contributed by atoms with E-state index >= 15 is 0 Å². The number of nitrogens with zero attached hydrogens (tertiary/aromatic N) is 1. The Hall–Kier alpha value is -4.53. The number of ether oxygens (including phenoxy) is 2. The van der Waals surface area contributed by atoms with Crippen LogP contribution in [0.3, 0.4) is 0 Å². The third-order valence-electron chi connectivity index (χ3n) is 6.80. The van der Waals surface area contributed by atoms with Crippen molar-refractivity contribution in [2.75, 3.05) is 24.4 Å². The first kappa shape index (κ1) is 24.2. The molecule has 37 heavy (non-hydrogen) atoms. The third kappa shape index (κ3) is 4.55. The Bertz CT molecular complexity index is 1400. The van der Waals surface area contributed by atoms with E-state index in [9.17, 15) is 20.0 Å². The molecule has 3 N–H and O–H groups in total. The summed E-state index contributed by atoms with van der Waals surface area (Å²) < 4.78 is 10.8. The molecule has 3 aromatic carbocycles. The van der Waals surface area contributed by atoms with Gasteiger partial charge >= 0.3 is 5.69 Å². The van der Waals surface area contributed by atoms with Crippen LogP contribution in [-0.4, -0.2) is 29.5 Å². The van der Waals surface area contributed by atoms with Crippen molar-refractivity contribution in [1.82, 2.24) is 0 Å². The number of aromatic hydroxyl groups is 1. The van der Waals surface area contributed by atoms with Crippen LogP contribution in [0.25, 0.3) is 0 Å². The molecule has 0 unspecified atom stereocenters. The first-order chi connectivity index (χ1) is 17.9. The van der Waals surface area contributed by atoms with E-state index in [0.29, 0.717) is 24.0 Å². The maximum Gasteiger partial charge on any atom is 0.315 e. The summed E-state index contributed by atoms with van der Waals surface area (Å²) >= 11 is 0. The van der Waals surface area contributed by atoms with Gasteiger partial charge in [-0.2, -0.15) is 0 Å². The maximum absolute atomic E-state index is 13.7. The van der Waals surface area contributed by atoms with Gasteiger partial charge in [0.2, 0.25) is 5.75 Å². The second-order valence-electron chi connectivity index (χ2n) is 9.02. The zero-order chi connectivity index (χ0) is 26.1.